The lowest BCUT2D eigenvalue weighted by molar-refractivity contribution is -0.145. The molecule has 1 aliphatic heterocycles. The molecule has 0 bridgehead atoms. The molecule has 1 aromatic heterocycles. The van der Waals surface area contributed by atoms with E-state index in [9.17, 15) is 14.7 Å². The summed E-state index contributed by atoms with van der Waals surface area (Å²) in [7, 11) is 0. The number of amides is 1. The van der Waals surface area contributed by atoms with Gasteiger partial charge in [-0.1, -0.05) is 55.0 Å². The van der Waals surface area contributed by atoms with Crippen LogP contribution < -0.4 is 11.1 Å². The largest absolute Gasteiger partial charge is 0.481 e. The monoisotopic (exact) mass is 545 g/mol. The molecule has 2 aromatic carbocycles. The second-order valence-corrected chi connectivity index (χ2v) is 11.7. The number of hydrogen-bond donors (Lipinski definition) is 4. The van der Waals surface area contributed by atoms with E-state index in [1.165, 1.54) is 16.9 Å². The Labute approximate surface area is 232 Å². The van der Waals surface area contributed by atoms with Crippen LogP contribution in [0, 0.1) is 10.8 Å². The second kappa shape index (κ2) is 11.6. The third-order valence-electron chi connectivity index (χ3n) is 8.10. The topological polar surface area (TPSA) is 132 Å². The Morgan fingerprint density at radius 3 is 2.46 bits per heavy atom. The maximum Gasteiger partial charge on any atom is 0.304 e. The molecule has 8 nitrogen and oxygen atoms in total. The van der Waals surface area contributed by atoms with Gasteiger partial charge in [0, 0.05) is 24.0 Å². The van der Waals surface area contributed by atoms with Crippen LogP contribution in [-0.4, -0.2) is 45.9 Å². The maximum absolute atomic E-state index is 13.3. The van der Waals surface area contributed by atoms with Crippen molar-refractivity contribution in [3.05, 3.63) is 75.6 Å². The molecule has 1 atom stereocenters. The summed E-state index contributed by atoms with van der Waals surface area (Å²) in [6, 6.07) is 16.4. The van der Waals surface area contributed by atoms with Crippen LogP contribution >= 0.6 is 11.3 Å². The Morgan fingerprint density at radius 1 is 1.08 bits per heavy atom. The van der Waals surface area contributed by atoms with Gasteiger partial charge in [0.25, 0.3) is 0 Å². The number of thiazole rings is 1. The van der Waals surface area contributed by atoms with Crippen LogP contribution in [0.2, 0.25) is 0 Å². The molecule has 0 spiro atoms. The molecule has 5 N–H and O–H groups in total. The molecule has 1 saturated heterocycles. The van der Waals surface area contributed by atoms with Gasteiger partial charge in [-0.15, -0.1) is 11.3 Å². The number of nitrogens with zero attached hydrogens (tertiary/aromatic N) is 2. The van der Waals surface area contributed by atoms with Crippen LogP contribution in [0.15, 0.2) is 53.9 Å². The van der Waals surface area contributed by atoms with E-state index in [-0.39, 0.29) is 24.8 Å². The Bertz CT molecular complexity index is 1330. The maximum atomic E-state index is 13.3. The van der Waals surface area contributed by atoms with Crippen molar-refractivity contribution in [1.29, 1.82) is 5.41 Å². The summed E-state index contributed by atoms with van der Waals surface area (Å²) in [5, 5.41) is 23.1. The molecule has 9 heteroatoms. The number of fused-ring (bicyclic) bond motifs is 1. The van der Waals surface area contributed by atoms with Crippen molar-refractivity contribution < 1.29 is 14.7 Å². The van der Waals surface area contributed by atoms with E-state index in [0.29, 0.717) is 18.8 Å². The number of rotatable bonds is 7. The zero-order valence-electron chi connectivity index (χ0n) is 22.0. The van der Waals surface area contributed by atoms with Gasteiger partial charge in [0.15, 0.2) is 5.96 Å². The van der Waals surface area contributed by atoms with E-state index in [2.05, 4.69) is 29.6 Å². The first kappa shape index (κ1) is 26.9. The zero-order valence-corrected chi connectivity index (χ0v) is 22.8. The van der Waals surface area contributed by atoms with Gasteiger partial charge >= 0.3 is 5.97 Å². The van der Waals surface area contributed by atoms with Gasteiger partial charge in [0.2, 0.25) is 5.91 Å². The van der Waals surface area contributed by atoms with Gasteiger partial charge in [0.1, 0.15) is 5.01 Å². The first-order valence-corrected chi connectivity index (χ1v) is 14.4. The van der Waals surface area contributed by atoms with E-state index < -0.39 is 11.4 Å². The lowest BCUT2D eigenvalue weighted by atomic mass is 9.80. The zero-order chi connectivity index (χ0) is 27.4. The minimum atomic E-state index is -0.968. The number of nitrogens with one attached hydrogen (secondary N) is 2. The summed E-state index contributed by atoms with van der Waals surface area (Å²) in [6.07, 6.45) is 4.97. The minimum absolute atomic E-state index is 0.159. The van der Waals surface area contributed by atoms with Crippen molar-refractivity contribution in [3.8, 4) is 11.3 Å². The van der Waals surface area contributed by atoms with Crippen LogP contribution in [0.25, 0.3) is 11.3 Å². The molecule has 0 unspecified atom stereocenters. The fourth-order valence-electron chi connectivity index (χ4n) is 5.98. The summed E-state index contributed by atoms with van der Waals surface area (Å²) >= 11 is 1.49. The number of likely N-dealkylation sites (tertiary alicyclic amines) is 1. The number of aliphatic carboxylic acids is 1. The van der Waals surface area contributed by atoms with Crippen molar-refractivity contribution in [2.24, 2.45) is 11.1 Å². The molecule has 1 amide bonds. The van der Waals surface area contributed by atoms with E-state index in [4.69, 9.17) is 16.1 Å². The minimum Gasteiger partial charge on any atom is -0.481 e. The molecule has 0 saturated carbocycles. The van der Waals surface area contributed by atoms with Gasteiger partial charge in [-0.2, -0.15) is 0 Å². The van der Waals surface area contributed by atoms with Crippen molar-refractivity contribution in [3.63, 3.8) is 0 Å². The summed E-state index contributed by atoms with van der Waals surface area (Å²) in [5.74, 6) is -0.590. The number of guanidine groups is 1. The molecule has 1 fully saturated rings. The average Bonchev–Trinajstić information content (AvgIpc) is 3.52. The van der Waals surface area contributed by atoms with Crippen molar-refractivity contribution in [2.45, 2.75) is 57.4 Å². The number of benzene rings is 2. The van der Waals surface area contributed by atoms with Gasteiger partial charge in [0.05, 0.1) is 24.1 Å². The second-order valence-electron chi connectivity index (χ2n) is 10.8. The standard InChI is InChI=1S/C30H35N5O3S/c31-29(32)35-13-4-3-5-20(12-14-35)21-8-10-22(11-9-21)25-19-39-26(34-25)18-33-28(38)30(17-27(36)37)15-23-6-1-2-7-24(23)16-30/h1-2,6-11,19-20H,3-5,12-18H2,(H3,31,32)(H,33,38)(H,36,37)/t20-/m0/s1. The molecule has 39 heavy (non-hydrogen) atoms. The number of carbonyl (C=O) groups is 2. The number of carbonyl (C=O) groups excluding carboxylic acids is 1. The summed E-state index contributed by atoms with van der Waals surface area (Å²) < 4.78 is 0. The Hall–Kier alpha value is -3.72. The highest BCUT2D eigenvalue weighted by Crippen LogP contribution is 2.40. The number of carboxylic acids is 1. The predicted molar refractivity (Wildman–Crippen MR) is 153 cm³/mol. The predicted octanol–water partition coefficient (Wildman–Crippen LogP) is 4.54. The first-order valence-electron chi connectivity index (χ1n) is 13.5. The molecular weight excluding hydrogens is 510 g/mol. The highest BCUT2D eigenvalue weighted by molar-refractivity contribution is 7.09. The van der Waals surface area contributed by atoms with E-state index >= 15 is 0 Å². The van der Waals surface area contributed by atoms with Crippen LogP contribution in [0.1, 0.15) is 59.7 Å². The van der Waals surface area contributed by atoms with Crippen molar-refractivity contribution in [1.82, 2.24) is 15.2 Å². The fraction of sp³-hybridized carbons (Fsp3) is 0.400. The lowest BCUT2D eigenvalue weighted by Gasteiger charge is -2.28. The Morgan fingerprint density at radius 2 is 1.79 bits per heavy atom. The molecule has 0 radical (unpaired) electrons. The van der Waals surface area contributed by atoms with Crippen molar-refractivity contribution >= 4 is 29.2 Å². The lowest BCUT2D eigenvalue weighted by Crippen LogP contribution is -2.43. The van der Waals surface area contributed by atoms with Crippen LogP contribution in [0.4, 0.5) is 0 Å². The fourth-order valence-corrected chi connectivity index (χ4v) is 6.72. The van der Waals surface area contributed by atoms with Crippen molar-refractivity contribution in [2.75, 3.05) is 13.1 Å². The quantitative estimate of drug-likeness (QED) is 0.255. The number of carboxylic acid groups (broad SMARTS) is 1. The first-order chi connectivity index (χ1) is 18.8. The van der Waals surface area contributed by atoms with Crippen LogP contribution in [-0.2, 0) is 29.0 Å². The van der Waals surface area contributed by atoms with E-state index in [0.717, 1.165) is 66.2 Å². The van der Waals surface area contributed by atoms with Gasteiger partial charge in [-0.3, -0.25) is 15.0 Å². The third kappa shape index (κ3) is 6.14. The molecule has 1 aliphatic carbocycles. The molecule has 2 aliphatic rings. The normalized spacial score (nSPS) is 18.6. The molecule has 2 heterocycles. The highest BCUT2D eigenvalue weighted by Gasteiger charge is 2.45. The number of aromatic nitrogens is 1. The van der Waals surface area contributed by atoms with Gasteiger partial charge < -0.3 is 21.1 Å². The highest BCUT2D eigenvalue weighted by atomic mass is 32.1. The summed E-state index contributed by atoms with van der Waals surface area (Å²) in [4.78, 5) is 31.6. The third-order valence-corrected chi connectivity index (χ3v) is 8.94. The number of nitrogens with two attached hydrogens (primary N) is 1. The van der Waals surface area contributed by atoms with E-state index in [1.807, 2.05) is 34.5 Å². The van der Waals surface area contributed by atoms with E-state index in [1.54, 1.807) is 0 Å². The summed E-state index contributed by atoms with van der Waals surface area (Å²) in [5.41, 5.74) is 10.0. The molecule has 3 aromatic rings. The van der Waals surface area contributed by atoms with Crippen LogP contribution in [0.3, 0.4) is 0 Å². The van der Waals surface area contributed by atoms with Gasteiger partial charge in [-0.05, 0) is 54.7 Å². The van der Waals surface area contributed by atoms with Crippen LogP contribution in [0.5, 0.6) is 0 Å². The molecule has 5 rings (SSSR count). The SMILES string of the molecule is N=C(N)N1CCCC[C@H](c2ccc(-c3csc(CNC(=O)C4(CC(=O)O)Cc5ccccc5C4)n3)cc2)CC1. The number of hydrogen-bond acceptors (Lipinski definition) is 5. The average molecular weight is 546 g/mol. The Kier molecular flexibility index (Phi) is 7.97. The summed E-state index contributed by atoms with van der Waals surface area (Å²) in [6.45, 7) is 1.94. The molecule has 204 valence electrons. The smallest absolute Gasteiger partial charge is 0.304 e. The molecular formula is C30H35N5O3S. The Balaban J connectivity index is 1.21. The van der Waals surface area contributed by atoms with Gasteiger partial charge in [-0.25, -0.2) is 4.98 Å².